The van der Waals surface area contributed by atoms with E-state index in [2.05, 4.69) is 5.32 Å². The van der Waals surface area contributed by atoms with Crippen molar-refractivity contribution >= 4 is 40.4 Å². The first-order valence-corrected chi connectivity index (χ1v) is 8.24. The Morgan fingerprint density at radius 2 is 1.95 bits per heavy atom. The zero-order valence-corrected chi connectivity index (χ0v) is 13.7. The van der Waals surface area contributed by atoms with E-state index in [1.54, 1.807) is 23.5 Å². The average Bonchev–Trinajstić information content (AvgIpc) is 3.06. The quantitative estimate of drug-likeness (QED) is 0.770. The molecule has 118 valence electrons. The minimum Gasteiger partial charge on any atom is -0.386 e. The number of aliphatic hydroxyl groups is 1. The highest BCUT2D eigenvalue weighted by atomic mass is 35.5. The summed E-state index contributed by atoms with van der Waals surface area (Å²) in [5.41, 5.74) is 1.51. The molecule has 0 saturated carbocycles. The zero-order chi connectivity index (χ0) is 16.1. The van der Waals surface area contributed by atoms with Gasteiger partial charge in [-0.15, -0.1) is 11.3 Å². The van der Waals surface area contributed by atoms with E-state index in [1.165, 1.54) is 0 Å². The number of carbonyl (C=O) groups is 1. The van der Waals surface area contributed by atoms with E-state index in [9.17, 15) is 14.3 Å². The highest BCUT2D eigenvalue weighted by Crippen LogP contribution is 2.27. The molecular weight excluding hydrogens is 348 g/mol. The van der Waals surface area contributed by atoms with Crippen molar-refractivity contribution in [1.82, 2.24) is 5.32 Å². The standard InChI is InChI=1S/C15H14Cl2FNO2S/c16-14(17)15(21)19-11(8-18)13(20)10-5-3-9(4-6-10)12-2-1-7-22-12/h1-7,11,13-14,20H,8H2,(H,19,21)/t11-,13-/m1/s1. The Hall–Kier alpha value is -1.14. The molecule has 0 radical (unpaired) electrons. The molecule has 0 spiro atoms. The summed E-state index contributed by atoms with van der Waals surface area (Å²) in [6.07, 6.45) is -1.18. The smallest absolute Gasteiger partial charge is 0.253 e. The van der Waals surface area contributed by atoms with Crippen LogP contribution >= 0.6 is 34.5 Å². The number of thiophene rings is 1. The second-order valence-electron chi connectivity index (χ2n) is 4.61. The molecule has 7 heteroatoms. The highest BCUT2D eigenvalue weighted by molar-refractivity contribution is 7.13. The molecule has 1 aromatic carbocycles. The normalized spacial score (nSPS) is 13.9. The van der Waals surface area contributed by atoms with Gasteiger partial charge in [-0.25, -0.2) is 4.39 Å². The monoisotopic (exact) mass is 361 g/mol. The fraction of sp³-hybridized carbons (Fsp3) is 0.267. The Kier molecular flexibility index (Phi) is 6.20. The lowest BCUT2D eigenvalue weighted by molar-refractivity contribution is -0.121. The number of aliphatic hydroxyl groups excluding tert-OH is 1. The Labute approximate surface area is 141 Å². The third-order valence-electron chi connectivity index (χ3n) is 3.13. The van der Waals surface area contributed by atoms with Gasteiger partial charge in [0.2, 0.25) is 0 Å². The van der Waals surface area contributed by atoms with Crippen LogP contribution in [0.1, 0.15) is 11.7 Å². The topological polar surface area (TPSA) is 49.3 Å². The Balaban J connectivity index is 2.10. The van der Waals surface area contributed by atoms with Gasteiger partial charge >= 0.3 is 0 Å². The second-order valence-corrected chi connectivity index (χ2v) is 6.66. The summed E-state index contributed by atoms with van der Waals surface area (Å²) in [5, 5.41) is 14.4. The molecule has 2 N–H and O–H groups in total. The first kappa shape index (κ1) is 17.2. The summed E-state index contributed by atoms with van der Waals surface area (Å²) in [4.78, 5) is 11.2. The summed E-state index contributed by atoms with van der Waals surface area (Å²) >= 11 is 12.4. The molecule has 0 aliphatic carbocycles. The van der Waals surface area contributed by atoms with E-state index in [0.29, 0.717) is 5.56 Å². The van der Waals surface area contributed by atoms with Gasteiger partial charge in [0.1, 0.15) is 12.8 Å². The number of carbonyl (C=O) groups excluding carboxylic acids is 1. The van der Waals surface area contributed by atoms with E-state index >= 15 is 0 Å². The summed E-state index contributed by atoms with van der Waals surface area (Å²) < 4.78 is 13.1. The minimum absolute atomic E-state index is 0.504. The summed E-state index contributed by atoms with van der Waals surface area (Å²) in [5.74, 6) is -0.736. The van der Waals surface area contributed by atoms with Gasteiger partial charge in [0.15, 0.2) is 4.84 Å². The fourth-order valence-electron chi connectivity index (χ4n) is 1.97. The lowest BCUT2D eigenvalue weighted by atomic mass is 10.0. The predicted molar refractivity (Wildman–Crippen MR) is 88.1 cm³/mol. The first-order chi connectivity index (χ1) is 10.5. The number of nitrogens with one attached hydrogen (secondary N) is 1. The summed E-state index contributed by atoms with van der Waals surface area (Å²) in [6.45, 7) is -0.930. The summed E-state index contributed by atoms with van der Waals surface area (Å²) in [6, 6.07) is 9.93. The van der Waals surface area contributed by atoms with Crippen LogP contribution in [0.15, 0.2) is 41.8 Å². The second kappa shape index (κ2) is 7.92. The zero-order valence-electron chi connectivity index (χ0n) is 11.4. The minimum atomic E-state index is -1.30. The maximum atomic E-state index is 13.1. The van der Waals surface area contributed by atoms with Gasteiger partial charge < -0.3 is 10.4 Å². The number of rotatable bonds is 6. The molecule has 22 heavy (non-hydrogen) atoms. The van der Waals surface area contributed by atoms with Gasteiger partial charge in [0.25, 0.3) is 5.91 Å². The molecule has 1 aromatic heterocycles. The van der Waals surface area contributed by atoms with Crippen molar-refractivity contribution in [1.29, 1.82) is 0 Å². The Morgan fingerprint density at radius 1 is 1.27 bits per heavy atom. The molecule has 0 fully saturated rings. The maximum Gasteiger partial charge on any atom is 0.253 e. The van der Waals surface area contributed by atoms with Crippen LogP contribution in [0.5, 0.6) is 0 Å². The lowest BCUT2D eigenvalue weighted by Crippen LogP contribution is -2.43. The molecule has 1 amide bonds. The van der Waals surface area contributed by atoms with Crippen molar-refractivity contribution in [3.05, 3.63) is 47.3 Å². The third kappa shape index (κ3) is 4.20. The molecule has 2 atom stereocenters. The average molecular weight is 362 g/mol. The third-order valence-corrected chi connectivity index (χ3v) is 4.45. The van der Waals surface area contributed by atoms with Crippen molar-refractivity contribution in [3.8, 4) is 10.4 Å². The molecule has 0 saturated heterocycles. The van der Waals surface area contributed by atoms with Gasteiger partial charge in [0.05, 0.1) is 6.04 Å². The molecule has 2 aromatic rings. The predicted octanol–water partition coefficient (Wildman–Crippen LogP) is 3.71. The van der Waals surface area contributed by atoms with Crippen LogP contribution in [0.2, 0.25) is 0 Å². The lowest BCUT2D eigenvalue weighted by Gasteiger charge is -2.22. The van der Waals surface area contributed by atoms with Crippen LogP contribution in [0.3, 0.4) is 0 Å². The van der Waals surface area contributed by atoms with Crippen LogP contribution in [-0.2, 0) is 4.79 Å². The van der Waals surface area contributed by atoms with Crippen molar-refractivity contribution in [3.63, 3.8) is 0 Å². The molecule has 1 heterocycles. The Bertz CT molecular complexity index is 605. The Morgan fingerprint density at radius 3 is 2.45 bits per heavy atom. The van der Waals surface area contributed by atoms with Crippen LogP contribution in [0, 0.1) is 0 Å². The van der Waals surface area contributed by atoms with E-state index < -0.39 is 29.6 Å². The van der Waals surface area contributed by atoms with Crippen LogP contribution in [-0.4, -0.2) is 28.6 Å². The molecular formula is C15H14Cl2FNO2S. The first-order valence-electron chi connectivity index (χ1n) is 6.49. The maximum absolute atomic E-state index is 13.1. The molecule has 0 unspecified atom stereocenters. The van der Waals surface area contributed by atoms with Crippen molar-refractivity contribution < 1.29 is 14.3 Å². The van der Waals surface area contributed by atoms with Crippen LogP contribution in [0.4, 0.5) is 4.39 Å². The van der Waals surface area contributed by atoms with Gasteiger partial charge in [-0.2, -0.15) is 0 Å². The van der Waals surface area contributed by atoms with Gasteiger partial charge in [0, 0.05) is 4.88 Å². The van der Waals surface area contributed by atoms with E-state index in [4.69, 9.17) is 23.2 Å². The number of benzene rings is 1. The van der Waals surface area contributed by atoms with Crippen molar-refractivity contribution in [2.45, 2.75) is 17.0 Å². The van der Waals surface area contributed by atoms with Gasteiger partial charge in [-0.05, 0) is 22.6 Å². The van der Waals surface area contributed by atoms with E-state index in [0.717, 1.165) is 10.4 Å². The largest absolute Gasteiger partial charge is 0.386 e. The number of halogens is 3. The molecule has 0 bridgehead atoms. The molecule has 0 aliphatic rings. The number of hydrogen-bond acceptors (Lipinski definition) is 3. The van der Waals surface area contributed by atoms with Crippen LogP contribution < -0.4 is 5.32 Å². The fourth-order valence-corrected chi connectivity index (χ4v) is 2.83. The molecule has 2 rings (SSSR count). The van der Waals surface area contributed by atoms with Gasteiger partial charge in [-0.3, -0.25) is 4.79 Å². The SMILES string of the molecule is O=C(N[C@H](CF)[C@H](O)c1ccc(-c2cccs2)cc1)C(Cl)Cl. The number of alkyl halides is 3. The van der Waals surface area contributed by atoms with Crippen molar-refractivity contribution in [2.24, 2.45) is 0 Å². The van der Waals surface area contributed by atoms with Gasteiger partial charge in [-0.1, -0.05) is 53.5 Å². The highest BCUT2D eigenvalue weighted by Gasteiger charge is 2.25. The van der Waals surface area contributed by atoms with E-state index in [-0.39, 0.29) is 0 Å². The van der Waals surface area contributed by atoms with Crippen molar-refractivity contribution in [2.75, 3.05) is 6.67 Å². The summed E-state index contributed by atoms with van der Waals surface area (Å²) in [7, 11) is 0. The van der Waals surface area contributed by atoms with E-state index in [1.807, 2.05) is 29.6 Å². The molecule has 0 aliphatic heterocycles. The number of amides is 1. The molecule has 3 nitrogen and oxygen atoms in total. The number of hydrogen-bond donors (Lipinski definition) is 2. The van der Waals surface area contributed by atoms with Crippen LogP contribution in [0.25, 0.3) is 10.4 Å².